The maximum atomic E-state index is 11.1. The largest absolute Gasteiger partial charge is 0.440 e. The normalized spacial score (nSPS) is 9.69. The van der Waals surface area contributed by atoms with Crippen molar-refractivity contribution in [1.82, 2.24) is 5.32 Å². The van der Waals surface area contributed by atoms with E-state index in [4.69, 9.17) is 16.0 Å². The standard InChI is InChI=1S/C8H8ClNO3/c1-5(11)4-10-8(12)6-2-3-7(9)13-6/h2-3H,4H2,1H3,(H,10,12). The van der Waals surface area contributed by atoms with Gasteiger partial charge in [-0.2, -0.15) is 0 Å². The molecule has 5 heteroatoms. The van der Waals surface area contributed by atoms with Crippen LogP contribution in [0, 0.1) is 0 Å². The molecule has 0 saturated carbocycles. The fraction of sp³-hybridized carbons (Fsp3) is 0.250. The Morgan fingerprint density at radius 1 is 1.54 bits per heavy atom. The zero-order chi connectivity index (χ0) is 9.84. The summed E-state index contributed by atoms with van der Waals surface area (Å²) in [6.07, 6.45) is 0. The molecule has 0 radical (unpaired) electrons. The highest BCUT2D eigenvalue weighted by Gasteiger charge is 2.09. The molecule has 0 fully saturated rings. The molecule has 4 nitrogen and oxygen atoms in total. The van der Waals surface area contributed by atoms with Gasteiger partial charge in [-0.15, -0.1) is 0 Å². The number of Topliss-reactive ketones (excluding diaryl/α,β-unsaturated/α-hetero) is 1. The van der Waals surface area contributed by atoms with Crippen molar-refractivity contribution in [3.63, 3.8) is 0 Å². The lowest BCUT2D eigenvalue weighted by atomic mass is 10.4. The second-order valence-electron chi connectivity index (χ2n) is 2.49. The van der Waals surface area contributed by atoms with Gasteiger partial charge >= 0.3 is 0 Å². The summed E-state index contributed by atoms with van der Waals surface area (Å²) in [5.74, 6) is -0.459. The van der Waals surface area contributed by atoms with Gasteiger partial charge in [0, 0.05) is 0 Å². The molecule has 0 aliphatic rings. The molecule has 0 aliphatic carbocycles. The van der Waals surface area contributed by atoms with Crippen LogP contribution in [0.2, 0.25) is 5.22 Å². The van der Waals surface area contributed by atoms with Crippen molar-refractivity contribution in [2.45, 2.75) is 6.92 Å². The van der Waals surface area contributed by atoms with Crippen LogP contribution in [0.1, 0.15) is 17.5 Å². The van der Waals surface area contributed by atoms with Crippen LogP contribution in [0.15, 0.2) is 16.5 Å². The summed E-state index contributed by atoms with van der Waals surface area (Å²) in [6, 6.07) is 2.90. The van der Waals surface area contributed by atoms with Crippen LogP contribution >= 0.6 is 11.6 Å². The Morgan fingerprint density at radius 2 is 2.23 bits per heavy atom. The number of furan rings is 1. The highest BCUT2D eigenvalue weighted by atomic mass is 35.5. The van der Waals surface area contributed by atoms with E-state index in [1.54, 1.807) is 0 Å². The number of amides is 1. The predicted octanol–water partition coefficient (Wildman–Crippen LogP) is 1.25. The van der Waals surface area contributed by atoms with E-state index < -0.39 is 5.91 Å². The fourth-order valence-corrected chi connectivity index (χ4v) is 0.874. The van der Waals surface area contributed by atoms with E-state index in [2.05, 4.69) is 5.32 Å². The second kappa shape index (κ2) is 4.09. The lowest BCUT2D eigenvalue weighted by Crippen LogP contribution is -2.27. The minimum atomic E-state index is -0.442. The van der Waals surface area contributed by atoms with Crippen molar-refractivity contribution in [3.8, 4) is 0 Å². The van der Waals surface area contributed by atoms with Crippen LogP contribution in [0.3, 0.4) is 0 Å². The molecule has 13 heavy (non-hydrogen) atoms. The molecule has 1 aromatic rings. The Balaban J connectivity index is 2.54. The van der Waals surface area contributed by atoms with E-state index in [1.165, 1.54) is 19.1 Å². The molecule has 1 N–H and O–H groups in total. The summed E-state index contributed by atoms with van der Waals surface area (Å²) in [7, 11) is 0. The van der Waals surface area contributed by atoms with E-state index in [0.717, 1.165) is 0 Å². The van der Waals surface area contributed by atoms with E-state index in [0.29, 0.717) is 0 Å². The SMILES string of the molecule is CC(=O)CNC(=O)c1ccc(Cl)o1. The van der Waals surface area contributed by atoms with Crippen LogP contribution in [-0.4, -0.2) is 18.2 Å². The van der Waals surface area contributed by atoms with Crippen LogP contribution in [0.4, 0.5) is 0 Å². The molecular weight excluding hydrogens is 194 g/mol. The summed E-state index contributed by atoms with van der Waals surface area (Å²) in [4.78, 5) is 21.7. The first-order chi connectivity index (χ1) is 6.09. The van der Waals surface area contributed by atoms with Gasteiger partial charge in [0.2, 0.25) is 0 Å². The zero-order valence-corrected chi connectivity index (χ0v) is 7.72. The highest BCUT2D eigenvalue weighted by Crippen LogP contribution is 2.12. The van der Waals surface area contributed by atoms with E-state index in [1.807, 2.05) is 0 Å². The lowest BCUT2D eigenvalue weighted by molar-refractivity contribution is -0.116. The Labute approximate surface area is 79.9 Å². The van der Waals surface area contributed by atoms with Crippen molar-refractivity contribution in [2.24, 2.45) is 0 Å². The minimum absolute atomic E-state index is 0.00283. The third kappa shape index (κ3) is 2.91. The van der Waals surface area contributed by atoms with Gasteiger partial charge in [0.05, 0.1) is 6.54 Å². The molecule has 1 rings (SSSR count). The van der Waals surface area contributed by atoms with Gasteiger partial charge in [0.15, 0.2) is 11.0 Å². The van der Waals surface area contributed by atoms with Crippen molar-refractivity contribution < 1.29 is 14.0 Å². The van der Waals surface area contributed by atoms with Crippen molar-refractivity contribution >= 4 is 23.3 Å². The van der Waals surface area contributed by atoms with Crippen LogP contribution in [0.25, 0.3) is 0 Å². The maximum Gasteiger partial charge on any atom is 0.287 e. The van der Waals surface area contributed by atoms with Gasteiger partial charge < -0.3 is 9.73 Å². The van der Waals surface area contributed by atoms with Crippen LogP contribution in [0.5, 0.6) is 0 Å². The predicted molar refractivity (Wildman–Crippen MR) is 46.7 cm³/mol. The van der Waals surface area contributed by atoms with Gasteiger partial charge in [0.1, 0.15) is 5.78 Å². The first-order valence-electron chi connectivity index (χ1n) is 3.62. The first kappa shape index (κ1) is 9.80. The summed E-state index contributed by atoms with van der Waals surface area (Å²) in [5, 5.41) is 2.52. The highest BCUT2D eigenvalue weighted by molar-refractivity contribution is 6.29. The van der Waals surface area contributed by atoms with Crippen molar-refractivity contribution in [1.29, 1.82) is 0 Å². The number of nitrogens with one attached hydrogen (secondary N) is 1. The number of ketones is 1. The first-order valence-corrected chi connectivity index (χ1v) is 4.00. The molecule has 1 amide bonds. The molecule has 0 spiro atoms. The molecular formula is C8H8ClNO3. The summed E-state index contributed by atoms with van der Waals surface area (Å²) in [6.45, 7) is 1.38. The Morgan fingerprint density at radius 3 is 2.69 bits per heavy atom. The van der Waals surface area contributed by atoms with E-state index in [-0.39, 0.29) is 23.3 Å². The van der Waals surface area contributed by atoms with Gasteiger partial charge in [-0.1, -0.05) is 0 Å². The monoisotopic (exact) mass is 201 g/mol. The fourth-order valence-electron chi connectivity index (χ4n) is 0.728. The number of halogens is 1. The summed E-state index contributed by atoms with van der Waals surface area (Å²) < 4.78 is 4.82. The molecule has 0 bridgehead atoms. The van der Waals surface area contributed by atoms with E-state index in [9.17, 15) is 9.59 Å². The molecule has 1 heterocycles. The average Bonchev–Trinajstić information content (AvgIpc) is 2.47. The third-order valence-electron chi connectivity index (χ3n) is 1.29. The third-order valence-corrected chi connectivity index (χ3v) is 1.50. The zero-order valence-electron chi connectivity index (χ0n) is 6.96. The van der Waals surface area contributed by atoms with Gasteiger partial charge in [-0.3, -0.25) is 9.59 Å². The lowest BCUT2D eigenvalue weighted by Gasteiger charge is -1.97. The van der Waals surface area contributed by atoms with Crippen LogP contribution in [-0.2, 0) is 4.79 Å². The molecule has 70 valence electrons. The molecule has 0 aromatic carbocycles. The van der Waals surface area contributed by atoms with Crippen molar-refractivity contribution in [3.05, 3.63) is 23.1 Å². The topological polar surface area (TPSA) is 59.3 Å². The minimum Gasteiger partial charge on any atom is -0.440 e. The van der Waals surface area contributed by atoms with Gasteiger partial charge in [-0.05, 0) is 30.7 Å². The Bertz CT molecular complexity index is 332. The number of rotatable bonds is 3. The van der Waals surface area contributed by atoms with Gasteiger partial charge in [-0.25, -0.2) is 0 Å². The number of carbonyl (C=O) groups is 2. The van der Waals surface area contributed by atoms with E-state index >= 15 is 0 Å². The second-order valence-corrected chi connectivity index (χ2v) is 2.86. The average molecular weight is 202 g/mol. The Kier molecular flexibility index (Phi) is 3.08. The summed E-state index contributed by atoms with van der Waals surface area (Å²) in [5.41, 5.74) is 0. The van der Waals surface area contributed by atoms with Gasteiger partial charge in [0.25, 0.3) is 5.91 Å². The smallest absolute Gasteiger partial charge is 0.287 e. The molecule has 0 atom stereocenters. The molecule has 0 saturated heterocycles. The Hall–Kier alpha value is -1.29. The molecule has 0 unspecified atom stereocenters. The van der Waals surface area contributed by atoms with Crippen LogP contribution < -0.4 is 5.32 Å². The summed E-state index contributed by atoms with van der Waals surface area (Å²) >= 11 is 5.45. The van der Waals surface area contributed by atoms with Crippen molar-refractivity contribution in [2.75, 3.05) is 6.54 Å². The molecule has 1 aromatic heterocycles. The number of hydrogen-bond donors (Lipinski definition) is 1. The number of hydrogen-bond acceptors (Lipinski definition) is 3. The quantitative estimate of drug-likeness (QED) is 0.801. The number of carbonyl (C=O) groups excluding carboxylic acids is 2. The molecule has 0 aliphatic heterocycles. The maximum absolute atomic E-state index is 11.1.